The zero-order valence-electron chi connectivity index (χ0n) is 17.2. The average molecular weight is 444 g/mol. The summed E-state index contributed by atoms with van der Waals surface area (Å²) in [5.74, 6) is -0.598. The van der Waals surface area contributed by atoms with Crippen LogP contribution in [0.15, 0.2) is 53.5 Å². The number of amides is 1. The van der Waals surface area contributed by atoms with Crippen molar-refractivity contribution in [1.29, 1.82) is 0 Å². The van der Waals surface area contributed by atoms with Crippen molar-refractivity contribution in [2.24, 2.45) is 0 Å². The van der Waals surface area contributed by atoms with Crippen LogP contribution in [0.4, 0.5) is 4.39 Å². The molecular weight excluding hydrogens is 421 g/mol. The number of rotatable bonds is 6. The van der Waals surface area contributed by atoms with Crippen molar-refractivity contribution >= 4 is 40.1 Å². The van der Waals surface area contributed by atoms with Crippen LogP contribution in [0.5, 0.6) is 0 Å². The van der Waals surface area contributed by atoms with E-state index in [1.54, 1.807) is 36.4 Å². The predicted molar refractivity (Wildman–Crippen MR) is 122 cm³/mol. The second-order valence-electron chi connectivity index (χ2n) is 7.39. The Hall–Kier alpha value is -3.23. The van der Waals surface area contributed by atoms with E-state index >= 15 is 0 Å². The van der Waals surface area contributed by atoms with Crippen LogP contribution in [0.3, 0.4) is 0 Å². The van der Waals surface area contributed by atoms with Gasteiger partial charge >= 0.3 is 0 Å². The molecule has 0 radical (unpaired) electrons. The molecule has 4 aromatic rings. The normalized spacial score (nSPS) is 11.1. The van der Waals surface area contributed by atoms with Crippen LogP contribution in [0.1, 0.15) is 16.8 Å². The minimum absolute atomic E-state index is 0. The van der Waals surface area contributed by atoms with Gasteiger partial charge in [-0.05, 0) is 57.4 Å². The third-order valence-corrected chi connectivity index (χ3v) is 4.96. The molecule has 0 fully saturated rings. The van der Waals surface area contributed by atoms with Crippen LogP contribution in [0, 0.1) is 5.82 Å². The fourth-order valence-corrected chi connectivity index (χ4v) is 3.40. The molecule has 0 saturated carbocycles. The predicted octanol–water partition coefficient (Wildman–Crippen LogP) is 3.11. The molecule has 2 aromatic carbocycles. The first-order chi connectivity index (χ1) is 14.5. The standard InChI is InChI=1S/C22H22FN5O2.ClH/c1-27(2)12-4-11-24-21(29)14-7-9-15(10-8-14)28-22(30)17-13-25-20-16(19(17)26-28)5-3-6-18(20)23;/h3,5-10,13,26H,4,11-12H2,1-2H3,(H,24,29);1H. The second kappa shape index (κ2) is 9.28. The van der Waals surface area contributed by atoms with Gasteiger partial charge in [-0.1, -0.05) is 12.1 Å². The van der Waals surface area contributed by atoms with Crippen LogP contribution >= 0.6 is 12.4 Å². The molecule has 9 heteroatoms. The first kappa shape index (κ1) is 22.5. The fourth-order valence-electron chi connectivity index (χ4n) is 3.40. The number of carbonyl (C=O) groups excluding carboxylic acids is 1. The number of nitrogens with one attached hydrogen (secondary N) is 2. The minimum Gasteiger partial charge on any atom is -0.352 e. The molecule has 0 aliphatic rings. The highest BCUT2D eigenvalue weighted by atomic mass is 35.5. The lowest BCUT2D eigenvalue weighted by molar-refractivity contribution is 0.0952. The van der Waals surface area contributed by atoms with Crippen molar-refractivity contribution in [1.82, 2.24) is 25.0 Å². The molecule has 0 atom stereocenters. The van der Waals surface area contributed by atoms with Gasteiger partial charge in [-0.25, -0.2) is 9.07 Å². The number of pyridine rings is 1. The average Bonchev–Trinajstić information content (AvgIpc) is 3.08. The third-order valence-electron chi connectivity index (χ3n) is 4.96. The number of H-pyrrole nitrogens is 1. The lowest BCUT2D eigenvalue weighted by atomic mass is 10.1. The number of carbonyl (C=O) groups is 1. The van der Waals surface area contributed by atoms with E-state index in [-0.39, 0.29) is 29.4 Å². The summed E-state index contributed by atoms with van der Waals surface area (Å²) < 4.78 is 15.4. The highest BCUT2D eigenvalue weighted by Gasteiger charge is 2.14. The summed E-state index contributed by atoms with van der Waals surface area (Å²) in [6, 6.07) is 11.4. The van der Waals surface area contributed by atoms with Crippen molar-refractivity contribution in [3.05, 3.63) is 70.4 Å². The Kier molecular flexibility index (Phi) is 6.72. The molecule has 0 bridgehead atoms. The van der Waals surface area contributed by atoms with E-state index in [1.165, 1.54) is 16.9 Å². The highest BCUT2D eigenvalue weighted by molar-refractivity contribution is 6.02. The Morgan fingerprint density at radius 1 is 1.16 bits per heavy atom. The van der Waals surface area contributed by atoms with Crippen LogP contribution in [0.2, 0.25) is 0 Å². The molecule has 1 amide bonds. The molecule has 0 unspecified atom stereocenters. The van der Waals surface area contributed by atoms with Gasteiger partial charge in [0.1, 0.15) is 11.3 Å². The van der Waals surface area contributed by atoms with Gasteiger partial charge in [0.05, 0.1) is 16.6 Å². The monoisotopic (exact) mass is 443 g/mol. The number of nitrogens with zero attached hydrogens (tertiary/aromatic N) is 3. The number of hydrogen-bond acceptors (Lipinski definition) is 4. The Balaban J connectivity index is 0.00000272. The highest BCUT2D eigenvalue weighted by Crippen LogP contribution is 2.22. The van der Waals surface area contributed by atoms with Gasteiger partial charge in [0.25, 0.3) is 11.5 Å². The van der Waals surface area contributed by atoms with Gasteiger partial charge in [0.15, 0.2) is 0 Å². The molecule has 0 aliphatic heterocycles. The van der Waals surface area contributed by atoms with E-state index in [4.69, 9.17) is 0 Å². The maximum Gasteiger partial charge on any atom is 0.280 e. The number of fused-ring (bicyclic) bond motifs is 3. The van der Waals surface area contributed by atoms with Crippen LogP contribution in [0.25, 0.3) is 27.5 Å². The fraction of sp³-hybridized carbons (Fsp3) is 0.227. The Labute approximate surface area is 184 Å². The quantitative estimate of drug-likeness (QED) is 0.448. The first-order valence-corrected chi connectivity index (χ1v) is 9.67. The molecule has 0 saturated heterocycles. The first-order valence-electron chi connectivity index (χ1n) is 9.67. The molecule has 2 heterocycles. The maximum absolute atomic E-state index is 14.0. The summed E-state index contributed by atoms with van der Waals surface area (Å²) in [5, 5.41) is 6.84. The Bertz CT molecular complexity index is 1280. The zero-order chi connectivity index (χ0) is 21.3. The number of hydrogen-bond donors (Lipinski definition) is 2. The van der Waals surface area contributed by atoms with Gasteiger partial charge in [0, 0.05) is 23.7 Å². The van der Waals surface area contributed by atoms with Crippen molar-refractivity contribution in [3.63, 3.8) is 0 Å². The largest absolute Gasteiger partial charge is 0.352 e. The number of benzene rings is 2. The summed E-state index contributed by atoms with van der Waals surface area (Å²) in [6.45, 7) is 1.49. The Morgan fingerprint density at radius 2 is 1.90 bits per heavy atom. The van der Waals surface area contributed by atoms with E-state index in [0.29, 0.717) is 34.1 Å². The van der Waals surface area contributed by atoms with E-state index in [1.807, 2.05) is 14.1 Å². The summed E-state index contributed by atoms with van der Waals surface area (Å²) in [4.78, 5) is 31.3. The van der Waals surface area contributed by atoms with Crippen molar-refractivity contribution in [2.75, 3.05) is 27.2 Å². The summed E-state index contributed by atoms with van der Waals surface area (Å²) >= 11 is 0. The smallest absolute Gasteiger partial charge is 0.280 e. The summed E-state index contributed by atoms with van der Waals surface area (Å²) in [5.41, 5.74) is 1.53. The molecular formula is C22H23ClFN5O2. The van der Waals surface area contributed by atoms with E-state index in [9.17, 15) is 14.0 Å². The van der Waals surface area contributed by atoms with Crippen molar-refractivity contribution in [2.45, 2.75) is 6.42 Å². The van der Waals surface area contributed by atoms with Gasteiger partial charge in [-0.3, -0.25) is 19.7 Å². The number of aromatic nitrogens is 3. The number of aromatic amines is 1. The lowest BCUT2D eigenvalue weighted by Crippen LogP contribution is -2.27. The minimum atomic E-state index is -0.441. The third kappa shape index (κ3) is 4.45. The molecule has 162 valence electrons. The van der Waals surface area contributed by atoms with E-state index in [0.717, 1.165) is 13.0 Å². The molecule has 0 aliphatic carbocycles. The van der Waals surface area contributed by atoms with Gasteiger partial charge in [0.2, 0.25) is 0 Å². The molecule has 4 rings (SSSR count). The van der Waals surface area contributed by atoms with Crippen LogP contribution in [-0.2, 0) is 0 Å². The van der Waals surface area contributed by atoms with Crippen LogP contribution in [-0.4, -0.2) is 52.8 Å². The summed E-state index contributed by atoms with van der Waals surface area (Å²) in [7, 11) is 3.98. The number of halogens is 2. The van der Waals surface area contributed by atoms with E-state index in [2.05, 4.69) is 20.3 Å². The molecule has 2 aromatic heterocycles. The Morgan fingerprint density at radius 3 is 2.61 bits per heavy atom. The van der Waals surface area contributed by atoms with Gasteiger partial charge < -0.3 is 10.2 Å². The molecule has 0 spiro atoms. The molecule has 2 N–H and O–H groups in total. The van der Waals surface area contributed by atoms with Gasteiger partial charge in [-0.15, -0.1) is 12.4 Å². The van der Waals surface area contributed by atoms with E-state index < -0.39 is 5.82 Å². The molecule has 31 heavy (non-hydrogen) atoms. The lowest BCUT2D eigenvalue weighted by Gasteiger charge is -2.10. The second-order valence-corrected chi connectivity index (χ2v) is 7.39. The number of para-hydroxylation sites is 1. The van der Waals surface area contributed by atoms with Crippen LogP contribution < -0.4 is 10.9 Å². The van der Waals surface area contributed by atoms with Crippen molar-refractivity contribution < 1.29 is 9.18 Å². The maximum atomic E-state index is 14.0. The SMILES string of the molecule is CN(C)CCCNC(=O)c1ccc(-n2[nH]c3c(cnc4c(F)cccc43)c2=O)cc1.Cl. The topological polar surface area (TPSA) is 83.0 Å². The summed E-state index contributed by atoms with van der Waals surface area (Å²) in [6.07, 6.45) is 2.25. The molecule has 7 nitrogen and oxygen atoms in total. The van der Waals surface area contributed by atoms with Gasteiger partial charge in [-0.2, -0.15) is 0 Å². The zero-order valence-corrected chi connectivity index (χ0v) is 18.0. The van der Waals surface area contributed by atoms with Crippen molar-refractivity contribution in [3.8, 4) is 5.69 Å².